The van der Waals surface area contributed by atoms with E-state index in [0.29, 0.717) is 0 Å². The standard InChI is InChI=1S/C7H9BO/c1-9-7-4-2-6(8)3-5-7/h2-4,7H,5H2,1H3. The molecule has 46 valence electrons. The van der Waals surface area contributed by atoms with Crippen molar-refractivity contribution < 1.29 is 4.74 Å². The van der Waals surface area contributed by atoms with Crippen molar-refractivity contribution in [2.24, 2.45) is 0 Å². The third kappa shape index (κ3) is 1.72. The van der Waals surface area contributed by atoms with Gasteiger partial charge in [-0.05, 0) is 6.42 Å². The average Bonchev–Trinajstić information content (AvgIpc) is 1.90. The van der Waals surface area contributed by atoms with Crippen LogP contribution in [0.1, 0.15) is 6.42 Å². The predicted octanol–water partition coefficient (Wildman–Crippen LogP) is 1.01. The quantitative estimate of drug-likeness (QED) is 0.469. The van der Waals surface area contributed by atoms with E-state index in [4.69, 9.17) is 12.6 Å². The van der Waals surface area contributed by atoms with Crippen LogP contribution in [0.25, 0.3) is 0 Å². The third-order valence-electron chi connectivity index (χ3n) is 1.39. The molecule has 0 spiro atoms. The molecule has 0 N–H and O–H groups in total. The fourth-order valence-electron chi connectivity index (χ4n) is 0.792. The highest BCUT2D eigenvalue weighted by molar-refractivity contribution is 6.23. The molecule has 1 nitrogen and oxygen atoms in total. The molecule has 1 aliphatic rings. The summed E-state index contributed by atoms with van der Waals surface area (Å²) >= 11 is 0. The van der Waals surface area contributed by atoms with Gasteiger partial charge in [0.2, 0.25) is 0 Å². The van der Waals surface area contributed by atoms with Gasteiger partial charge in [0.15, 0.2) is 0 Å². The Balaban J connectivity index is 2.48. The number of ether oxygens (including phenoxy) is 1. The molecule has 1 unspecified atom stereocenters. The molecule has 0 heterocycles. The van der Waals surface area contributed by atoms with Crippen molar-refractivity contribution in [3.63, 3.8) is 0 Å². The second-order valence-corrected chi connectivity index (χ2v) is 2.07. The van der Waals surface area contributed by atoms with Gasteiger partial charge < -0.3 is 4.74 Å². The van der Waals surface area contributed by atoms with Crippen molar-refractivity contribution in [3.05, 3.63) is 23.7 Å². The van der Waals surface area contributed by atoms with Crippen molar-refractivity contribution in [3.8, 4) is 0 Å². The molecule has 0 aromatic rings. The first-order chi connectivity index (χ1) is 4.33. The molecule has 0 bridgehead atoms. The van der Waals surface area contributed by atoms with Gasteiger partial charge in [-0.1, -0.05) is 18.2 Å². The third-order valence-corrected chi connectivity index (χ3v) is 1.39. The lowest BCUT2D eigenvalue weighted by Gasteiger charge is -2.11. The molecule has 0 fully saturated rings. The topological polar surface area (TPSA) is 9.23 Å². The molecule has 2 radical (unpaired) electrons. The Morgan fingerprint density at radius 2 is 2.56 bits per heavy atom. The van der Waals surface area contributed by atoms with Crippen molar-refractivity contribution in [2.75, 3.05) is 7.11 Å². The van der Waals surface area contributed by atoms with Crippen LogP contribution in [-0.4, -0.2) is 21.1 Å². The van der Waals surface area contributed by atoms with E-state index >= 15 is 0 Å². The molecule has 9 heavy (non-hydrogen) atoms. The summed E-state index contributed by atoms with van der Waals surface area (Å²) in [6.45, 7) is 0. The van der Waals surface area contributed by atoms with Crippen LogP contribution in [0.15, 0.2) is 23.7 Å². The highest BCUT2D eigenvalue weighted by Gasteiger charge is 2.02. The van der Waals surface area contributed by atoms with E-state index in [9.17, 15) is 0 Å². The minimum atomic E-state index is 0.234. The molecular weight excluding hydrogens is 111 g/mol. The van der Waals surface area contributed by atoms with E-state index in [2.05, 4.69) is 0 Å². The van der Waals surface area contributed by atoms with Crippen LogP contribution in [0.3, 0.4) is 0 Å². The van der Waals surface area contributed by atoms with Gasteiger partial charge in [0, 0.05) is 7.11 Å². The number of hydrogen-bond acceptors (Lipinski definition) is 1. The molecule has 0 aromatic carbocycles. The molecular formula is C7H9BO. The smallest absolute Gasteiger partial charge is 0.113 e. The normalized spacial score (nSPS) is 25.9. The maximum Gasteiger partial charge on any atom is 0.113 e. The van der Waals surface area contributed by atoms with Crippen molar-refractivity contribution in [1.82, 2.24) is 0 Å². The Morgan fingerprint density at radius 3 is 3.00 bits per heavy atom. The molecule has 0 amide bonds. The van der Waals surface area contributed by atoms with Crippen LogP contribution in [0, 0.1) is 0 Å². The summed E-state index contributed by atoms with van der Waals surface area (Å²) in [5.74, 6) is 0. The number of rotatable bonds is 1. The van der Waals surface area contributed by atoms with E-state index in [1.165, 1.54) is 0 Å². The zero-order valence-corrected chi connectivity index (χ0v) is 5.50. The lowest BCUT2D eigenvalue weighted by atomic mass is 9.90. The van der Waals surface area contributed by atoms with Gasteiger partial charge in [0.05, 0.1) is 6.10 Å². The Bertz CT molecular complexity index is 149. The molecule has 0 aliphatic heterocycles. The van der Waals surface area contributed by atoms with Gasteiger partial charge in [-0.2, -0.15) is 0 Å². The average molecular weight is 120 g/mol. The summed E-state index contributed by atoms with van der Waals surface area (Å²) in [5, 5.41) is 0. The lowest BCUT2D eigenvalue weighted by Crippen LogP contribution is -2.08. The minimum absolute atomic E-state index is 0.234. The summed E-state index contributed by atoms with van der Waals surface area (Å²) in [7, 11) is 7.17. The highest BCUT2D eigenvalue weighted by Crippen LogP contribution is 2.09. The summed E-state index contributed by atoms with van der Waals surface area (Å²) < 4.78 is 5.05. The monoisotopic (exact) mass is 120 g/mol. The SMILES string of the molecule is [B]C1=CCC(OC)C=C1. The Morgan fingerprint density at radius 1 is 1.78 bits per heavy atom. The number of hydrogen-bond donors (Lipinski definition) is 0. The second-order valence-electron chi connectivity index (χ2n) is 2.07. The van der Waals surface area contributed by atoms with Crippen LogP contribution in [-0.2, 0) is 4.74 Å². The van der Waals surface area contributed by atoms with Gasteiger partial charge in [0.1, 0.15) is 7.85 Å². The van der Waals surface area contributed by atoms with Gasteiger partial charge in [-0.3, -0.25) is 0 Å². The van der Waals surface area contributed by atoms with Crippen LogP contribution in [0.5, 0.6) is 0 Å². The molecule has 2 heteroatoms. The second kappa shape index (κ2) is 2.88. The highest BCUT2D eigenvalue weighted by atomic mass is 16.5. The van der Waals surface area contributed by atoms with Crippen molar-refractivity contribution >= 4 is 7.85 Å². The molecule has 1 rings (SSSR count). The fraction of sp³-hybridized carbons (Fsp3) is 0.429. The Kier molecular flexibility index (Phi) is 2.12. The van der Waals surface area contributed by atoms with Crippen molar-refractivity contribution in [2.45, 2.75) is 12.5 Å². The fourth-order valence-corrected chi connectivity index (χ4v) is 0.792. The van der Waals surface area contributed by atoms with Crippen LogP contribution >= 0.6 is 0 Å². The van der Waals surface area contributed by atoms with Gasteiger partial charge >= 0.3 is 0 Å². The van der Waals surface area contributed by atoms with Gasteiger partial charge in [-0.15, -0.1) is 5.47 Å². The van der Waals surface area contributed by atoms with Gasteiger partial charge in [-0.25, -0.2) is 0 Å². The number of methoxy groups -OCH3 is 1. The number of allylic oxidation sites excluding steroid dienone is 2. The zero-order valence-electron chi connectivity index (χ0n) is 5.50. The molecule has 0 saturated heterocycles. The van der Waals surface area contributed by atoms with Gasteiger partial charge in [0.25, 0.3) is 0 Å². The largest absolute Gasteiger partial charge is 0.377 e. The Hall–Kier alpha value is -0.495. The zero-order chi connectivity index (χ0) is 6.69. The summed E-state index contributed by atoms with van der Waals surface area (Å²) in [6, 6.07) is 0. The molecule has 1 atom stereocenters. The molecule has 0 aromatic heterocycles. The maximum absolute atomic E-state index is 5.47. The Labute approximate surface area is 56.8 Å². The van der Waals surface area contributed by atoms with Crippen LogP contribution in [0.4, 0.5) is 0 Å². The summed E-state index contributed by atoms with van der Waals surface area (Å²) in [4.78, 5) is 0. The lowest BCUT2D eigenvalue weighted by molar-refractivity contribution is 0.142. The first kappa shape index (κ1) is 6.62. The molecule has 1 aliphatic carbocycles. The maximum atomic E-state index is 5.47. The van der Waals surface area contributed by atoms with E-state index in [-0.39, 0.29) is 6.10 Å². The van der Waals surface area contributed by atoms with E-state index in [0.717, 1.165) is 11.9 Å². The molecule has 0 saturated carbocycles. The minimum Gasteiger partial charge on any atom is -0.377 e. The first-order valence-corrected chi connectivity index (χ1v) is 2.99. The summed E-state index contributed by atoms with van der Waals surface area (Å²) in [6.07, 6.45) is 6.94. The summed E-state index contributed by atoms with van der Waals surface area (Å²) in [5.41, 5.74) is 0.836. The first-order valence-electron chi connectivity index (χ1n) is 2.99. The van der Waals surface area contributed by atoms with E-state index < -0.39 is 0 Å². The van der Waals surface area contributed by atoms with Crippen LogP contribution in [0.2, 0.25) is 0 Å². The predicted molar refractivity (Wildman–Crippen MR) is 38.4 cm³/mol. The van der Waals surface area contributed by atoms with Crippen LogP contribution < -0.4 is 0 Å². The van der Waals surface area contributed by atoms with E-state index in [1.54, 1.807) is 7.11 Å². The van der Waals surface area contributed by atoms with Crippen molar-refractivity contribution in [1.29, 1.82) is 0 Å². The van der Waals surface area contributed by atoms with E-state index in [1.807, 2.05) is 18.2 Å².